The van der Waals surface area contributed by atoms with E-state index in [1.165, 1.54) is 0 Å². The summed E-state index contributed by atoms with van der Waals surface area (Å²) in [6.45, 7) is 1.77. The molecule has 1 fully saturated rings. The topological polar surface area (TPSA) is 26.0 Å². The second-order valence-corrected chi connectivity index (χ2v) is 4.17. The van der Waals surface area contributed by atoms with Crippen LogP contribution in [0, 0.1) is 6.92 Å². The lowest BCUT2D eigenvalue weighted by atomic mass is 10.0. The van der Waals surface area contributed by atoms with Gasteiger partial charge in [-0.3, -0.25) is 0 Å². The van der Waals surface area contributed by atoms with E-state index in [9.17, 15) is 8.78 Å². The Morgan fingerprint density at radius 1 is 1.43 bits per heavy atom. The molecule has 1 aromatic carbocycles. The van der Waals surface area contributed by atoms with Crippen LogP contribution in [0.4, 0.5) is 8.78 Å². The first kappa shape index (κ1) is 9.87. The zero-order valence-corrected chi connectivity index (χ0v) is 8.41. The van der Waals surface area contributed by atoms with Crippen molar-refractivity contribution in [1.82, 2.24) is 0 Å². The van der Waals surface area contributed by atoms with Gasteiger partial charge in [0.2, 0.25) is 0 Å². The van der Waals surface area contributed by atoms with Crippen molar-refractivity contribution < 1.29 is 8.78 Å². The number of hydrogen-bond donors (Lipinski definition) is 1. The highest BCUT2D eigenvalue weighted by Crippen LogP contribution is 2.58. The molecule has 1 aliphatic rings. The molecule has 1 saturated carbocycles. The van der Waals surface area contributed by atoms with Crippen LogP contribution in [0.25, 0.3) is 0 Å². The summed E-state index contributed by atoms with van der Waals surface area (Å²) in [5.41, 5.74) is 5.16. The largest absolute Gasteiger partial charge is 0.316 e. The molecule has 1 aliphatic carbocycles. The highest BCUT2D eigenvalue weighted by Gasteiger charge is 2.70. The van der Waals surface area contributed by atoms with Crippen LogP contribution in [0.3, 0.4) is 0 Å². The Hall–Kier alpha value is -0.670. The fourth-order valence-corrected chi connectivity index (χ4v) is 1.88. The van der Waals surface area contributed by atoms with Crippen LogP contribution in [0.1, 0.15) is 17.5 Å². The van der Waals surface area contributed by atoms with E-state index in [-0.39, 0.29) is 6.42 Å². The van der Waals surface area contributed by atoms with Crippen LogP contribution in [0.15, 0.2) is 18.2 Å². The molecule has 2 rings (SSSR count). The molecule has 0 spiro atoms. The summed E-state index contributed by atoms with van der Waals surface area (Å²) in [6.07, 6.45) is -0.316. The zero-order valence-electron chi connectivity index (χ0n) is 7.65. The molecule has 4 heteroatoms. The van der Waals surface area contributed by atoms with Gasteiger partial charge < -0.3 is 5.73 Å². The predicted octanol–water partition coefficient (Wildman–Crippen LogP) is 2.84. The smallest absolute Gasteiger partial charge is 0.272 e. The first-order chi connectivity index (χ1) is 6.38. The molecule has 0 heterocycles. The Balaban J connectivity index is 2.49. The van der Waals surface area contributed by atoms with Gasteiger partial charge in [0.05, 0.1) is 0 Å². The van der Waals surface area contributed by atoms with Crippen molar-refractivity contribution in [1.29, 1.82) is 0 Å². The summed E-state index contributed by atoms with van der Waals surface area (Å²) in [6, 6.07) is 5.03. The SMILES string of the molecule is Cc1cccc(C2(N)CC2(F)F)c1Cl. The second-order valence-electron chi connectivity index (χ2n) is 3.79. The fourth-order valence-electron chi connectivity index (χ4n) is 1.59. The van der Waals surface area contributed by atoms with Gasteiger partial charge in [0.25, 0.3) is 5.92 Å². The Morgan fingerprint density at radius 3 is 2.50 bits per heavy atom. The van der Waals surface area contributed by atoms with Gasteiger partial charge in [-0.25, -0.2) is 8.78 Å². The molecular weight excluding hydrogens is 208 g/mol. The van der Waals surface area contributed by atoms with E-state index in [4.69, 9.17) is 17.3 Å². The second kappa shape index (κ2) is 2.67. The summed E-state index contributed by atoms with van der Waals surface area (Å²) in [7, 11) is 0. The van der Waals surface area contributed by atoms with Crippen LogP contribution < -0.4 is 5.73 Å². The number of aryl methyl sites for hydroxylation is 1. The van der Waals surface area contributed by atoms with Crippen molar-refractivity contribution in [3.05, 3.63) is 34.3 Å². The predicted molar refractivity (Wildman–Crippen MR) is 51.6 cm³/mol. The molecule has 1 unspecified atom stereocenters. The molecule has 0 radical (unpaired) electrons. The van der Waals surface area contributed by atoms with Crippen molar-refractivity contribution >= 4 is 11.6 Å². The fraction of sp³-hybridized carbons (Fsp3) is 0.400. The maximum atomic E-state index is 13.0. The monoisotopic (exact) mass is 217 g/mol. The standard InChI is InChI=1S/C10H10ClF2N/c1-6-3-2-4-7(8(6)11)9(14)5-10(9,12)13/h2-4H,5,14H2,1H3. The number of alkyl halides is 2. The maximum absolute atomic E-state index is 13.0. The van der Waals surface area contributed by atoms with Crippen molar-refractivity contribution in [3.8, 4) is 0 Å². The summed E-state index contributed by atoms with van der Waals surface area (Å²) >= 11 is 5.93. The molecule has 1 nitrogen and oxygen atoms in total. The van der Waals surface area contributed by atoms with E-state index < -0.39 is 11.5 Å². The molecule has 76 valence electrons. The molecule has 0 aliphatic heterocycles. The number of nitrogens with two attached hydrogens (primary N) is 1. The van der Waals surface area contributed by atoms with Crippen LogP contribution in [0.5, 0.6) is 0 Å². The van der Waals surface area contributed by atoms with Gasteiger partial charge in [-0.15, -0.1) is 0 Å². The third-order valence-electron chi connectivity index (χ3n) is 2.70. The first-order valence-electron chi connectivity index (χ1n) is 4.31. The van der Waals surface area contributed by atoms with Crippen LogP contribution in [0.2, 0.25) is 5.02 Å². The lowest BCUT2D eigenvalue weighted by Gasteiger charge is -2.13. The van der Waals surface area contributed by atoms with E-state index >= 15 is 0 Å². The van der Waals surface area contributed by atoms with E-state index in [1.54, 1.807) is 25.1 Å². The number of benzene rings is 1. The van der Waals surface area contributed by atoms with Gasteiger partial charge in [0.1, 0.15) is 5.54 Å². The summed E-state index contributed by atoms with van der Waals surface area (Å²) < 4.78 is 26.0. The van der Waals surface area contributed by atoms with Crippen molar-refractivity contribution in [2.45, 2.75) is 24.8 Å². The number of halogens is 3. The van der Waals surface area contributed by atoms with Gasteiger partial charge in [0, 0.05) is 11.4 Å². The number of rotatable bonds is 1. The highest BCUT2D eigenvalue weighted by atomic mass is 35.5. The summed E-state index contributed by atoms with van der Waals surface area (Å²) in [5, 5.41) is 0.354. The third kappa shape index (κ3) is 1.16. The average molecular weight is 218 g/mol. The van der Waals surface area contributed by atoms with Crippen LogP contribution in [-0.4, -0.2) is 5.92 Å². The van der Waals surface area contributed by atoms with Crippen molar-refractivity contribution in [2.75, 3.05) is 0 Å². The minimum absolute atomic E-state index is 0.316. The van der Waals surface area contributed by atoms with Gasteiger partial charge in [-0.1, -0.05) is 29.8 Å². The van der Waals surface area contributed by atoms with E-state index in [1.807, 2.05) is 0 Å². The van der Waals surface area contributed by atoms with Gasteiger partial charge in [-0.05, 0) is 18.1 Å². The summed E-state index contributed by atoms with van der Waals surface area (Å²) in [4.78, 5) is 0. The Kier molecular flexibility index (Phi) is 1.88. The van der Waals surface area contributed by atoms with E-state index in [0.717, 1.165) is 5.56 Å². The highest BCUT2D eigenvalue weighted by molar-refractivity contribution is 6.32. The molecule has 0 saturated heterocycles. The quantitative estimate of drug-likeness (QED) is 0.769. The van der Waals surface area contributed by atoms with Crippen molar-refractivity contribution in [3.63, 3.8) is 0 Å². The molecule has 0 bridgehead atoms. The number of hydrogen-bond acceptors (Lipinski definition) is 1. The molecule has 2 N–H and O–H groups in total. The van der Waals surface area contributed by atoms with E-state index in [2.05, 4.69) is 0 Å². The molecule has 1 atom stereocenters. The lowest BCUT2D eigenvalue weighted by Crippen LogP contribution is -2.27. The maximum Gasteiger partial charge on any atom is 0.272 e. The average Bonchev–Trinajstić information content (AvgIpc) is 2.58. The molecule has 0 aromatic heterocycles. The molecule has 1 aromatic rings. The Bertz CT molecular complexity index is 392. The van der Waals surface area contributed by atoms with E-state index in [0.29, 0.717) is 10.6 Å². The minimum atomic E-state index is -2.82. The first-order valence-corrected chi connectivity index (χ1v) is 4.68. The van der Waals surface area contributed by atoms with Gasteiger partial charge >= 0.3 is 0 Å². The van der Waals surface area contributed by atoms with Crippen molar-refractivity contribution in [2.24, 2.45) is 5.73 Å². The van der Waals surface area contributed by atoms with Crippen LogP contribution in [-0.2, 0) is 5.54 Å². The zero-order chi connectivity index (χ0) is 10.6. The molecule has 14 heavy (non-hydrogen) atoms. The lowest BCUT2D eigenvalue weighted by molar-refractivity contribution is 0.0891. The van der Waals surface area contributed by atoms with Gasteiger partial charge in [0.15, 0.2) is 0 Å². The van der Waals surface area contributed by atoms with Crippen LogP contribution >= 0.6 is 11.6 Å². The molecular formula is C10H10ClF2N. The normalized spacial score (nSPS) is 28.9. The minimum Gasteiger partial charge on any atom is -0.316 e. The molecule has 0 amide bonds. The van der Waals surface area contributed by atoms with Gasteiger partial charge in [-0.2, -0.15) is 0 Å². The summed E-state index contributed by atoms with van der Waals surface area (Å²) in [5.74, 6) is -2.82. The Labute approximate surface area is 85.9 Å². The Morgan fingerprint density at radius 2 is 2.00 bits per heavy atom. The third-order valence-corrected chi connectivity index (χ3v) is 3.20.